The van der Waals surface area contributed by atoms with Crippen molar-refractivity contribution in [2.75, 3.05) is 6.54 Å². The van der Waals surface area contributed by atoms with Crippen LogP contribution in [0.25, 0.3) is 10.4 Å². The number of hydrogen-bond donors (Lipinski definition) is 1. The summed E-state index contributed by atoms with van der Waals surface area (Å²) in [6.45, 7) is -0.384. The first-order valence-corrected chi connectivity index (χ1v) is 4.04. The smallest absolute Gasteiger partial charge is 0.387 e. The molecule has 86 valence electrons. The highest BCUT2D eigenvalue weighted by Crippen LogP contribution is 2.26. The van der Waals surface area contributed by atoms with Gasteiger partial charge in [-0.05, 0) is 11.6 Å². The maximum Gasteiger partial charge on any atom is 0.451 e. The fourth-order valence-corrected chi connectivity index (χ4v) is 0.902. The molecule has 0 bridgehead atoms. The van der Waals surface area contributed by atoms with Gasteiger partial charge in [0.05, 0.1) is 12.2 Å². The Morgan fingerprint density at radius 2 is 2.25 bits per heavy atom. The normalized spacial score (nSPS) is 13.0. The second kappa shape index (κ2) is 4.77. The Morgan fingerprint density at radius 1 is 1.56 bits per heavy atom. The summed E-state index contributed by atoms with van der Waals surface area (Å²) in [5.41, 5.74) is 7.74. The zero-order chi connectivity index (χ0) is 12.2. The van der Waals surface area contributed by atoms with Crippen LogP contribution >= 0.6 is 0 Å². The van der Waals surface area contributed by atoms with Gasteiger partial charge in [0.15, 0.2) is 0 Å². The van der Waals surface area contributed by atoms with E-state index in [9.17, 15) is 18.3 Å². The molecule has 1 heterocycles. The zero-order valence-corrected chi connectivity index (χ0v) is 7.76. The number of halogens is 3. The third kappa shape index (κ3) is 3.07. The Balaban J connectivity index is 2.94. The van der Waals surface area contributed by atoms with Gasteiger partial charge in [0.2, 0.25) is 5.82 Å². The van der Waals surface area contributed by atoms with Crippen molar-refractivity contribution in [3.8, 4) is 0 Å². The highest BCUT2D eigenvalue weighted by atomic mass is 19.4. The van der Waals surface area contributed by atoms with Crippen molar-refractivity contribution in [2.24, 2.45) is 5.11 Å². The molecule has 1 aromatic heterocycles. The van der Waals surface area contributed by atoms with E-state index in [1.54, 1.807) is 0 Å². The van der Waals surface area contributed by atoms with Crippen molar-refractivity contribution in [2.45, 2.75) is 12.3 Å². The van der Waals surface area contributed by atoms with Crippen LogP contribution in [0.1, 0.15) is 17.6 Å². The van der Waals surface area contributed by atoms with Gasteiger partial charge in [0.25, 0.3) is 0 Å². The highest BCUT2D eigenvalue weighted by molar-refractivity contribution is 5.07. The number of alkyl halides is 3. The van der Waals surface area contributed by atoms with Gasteiger partial charge in [-0.2, -0.15) is 13.2 Å². The van der Waals surface area contributed by atoms with Crippen LogP contribution in [0.3, 0.4) is 0 Å². The first-order chi connectivity index (χ1) is 7.45. The van der Waals surface area contributed by atoms with Crippen LogP contribution in [0, 0.1) is 0 Å². The molecule has 1 unspecified atom stereocenters. The molecular weight excluding hydrogens is 227 g/mol. The number of rotatable bonds is 3. The lowest BCUT2D eigenvalue weighted by molar-refractivity contribution is -0.145. The molecule has 0 fully saturated rings. The second-order valence-corrected chi connectivity index (χ2v) is 2.73. The van der Waals surface area contributed by atoms with Gasteiger partial charge < -0.3 is 5.11 Å². The molecule has 1 rings (SSSR count). The van der Waals surface area contributed by atoms with Gasteiger partial charge in [0, 0.05) is 11.1 Å². The summed E-state index contributed by atoms with van der Waals surface area (Å²) >= 11 is 0. The first kappa shape index (κ1) is 12.2. The van der Waals surface area contributed by atoms with E-state index < -0.39 is 18.1 Å². The van der Waals surface area contributed by atoms with Gasteiger partial charge in [-0.3, -0.25) is 0 Å². The standard InChI is InChI=1S/C7H6F3N5O/c8-7(9,10)6-12-2-1-4(14-6)5(16)3-13-15-11/h1-2,5,16H,3H2. The summed E-state index contributed by atoms with van der Waals surface area (Å²) in [5.74, 6) is -1.34. The SMILES string of the molecule is [N-]=[N+]=NCC(O)c1ccnc(C(F)(F)F)n1. The van der Waals surface area contributed by atoms with E-state index in [1.807, 2.05) is 0 Å². The lowest BCUT2D eigenvalue weighted by Gasteiger charge is -2.09. The van der Waals surface area contributed by atoms with Crippen molar-refractivity contribution < 1.29 is 18.3 Å². The summed E-state index contributed by atoms with van der Waals surface area (Å²) in [6, 6.07) is 1.12. The molecule has 0 saturated heterocycles. The van der Waals surface area contributed by atoms with Crippen LogP contribution in [0.5, 0.6) is 0 Å². The lowest BCUT2D eigenvalue weighted by atomic mass is 10.2. The second-order valence-electron chi connectivity index (χ2n) is 2.73. The van der Waals surface area contributed by atoms with Crippen LogP contribution in [0.2, 0.25) is 0 Å². The van der Waals surface area contributed by atoms with Gasteiger partial charge >= 0.3 is 6.18 Å². The van der Waals surface area contributed by atoms with Crippen molar-refractivity contribution in [1.82, 2.24) is 9.97 Å². The van der Waals surface area contributed by atoms with Crippen molar-refractivity contribution >= 4 is 0 Å². The number of nitrogens with zero attached hydrogens (tertiary/aromatic N) is 5. The first-order valence-electron chi connectivity index (χ1n) is 4.04. The Morgan fingerprint density at radius 3 is 2.81 bits per heavy atom. The topological polar surface area (TPSA) is 94.8 Å². The summed E-state index contributed by atoms with van der Waals surface area (Å²) in [4.78, 5) is 8.52. The molecule has 0 aromatic carbocycles. The molecule has 0 saturated carbocycles. The van der Waals surface area contributed by atoms with Crippen molar-refractivity contribution in [3.63, 3.8) is 0 Å². The average molecular weight is 233 g/mol. The number of aliphatic hydroxyl groups is 1. The number of azide groups is 1. The van der Waals surface area contributed by atoms with E-state index in [4.69, 9.17) is 5.53 Å². The molecule has 1 aromatic rings. The highest BCUT2D eigenvalue weighted by Gasteiger charge is 2.34. The predicted molar refractivity (Wildman–Crippen MR) is 46.0 cm³/mol. The number of hydrogen-bond acceptors (Lipinski definition) is 4. The van der Waals surface area contributed by atoms with Crippen molar-refractivity contribution in [3.05, 3.63) is 34.2 Å². The molecule has 0 radical (unpaired) electrons. The Hall–Kier alpha value is -1.86. The summed E-state index contributed by atoms with van der Waals surface area (Å²) in [6.07, 6.45) is -5.17. The summed E-state index contributed by atoms with van der Waals surface area (Å²) < 4.78 is 36.6. The Kier molecular flexibility index (Phi) is 3.64. The molecule has 0 spiro atoms. The van der Waals surface area contributed by atoms with Gasteiger partial charge in [0.1, 0.15) is 6.10 Å². The quantitative estimate of drug-likeness (QED) is 0.490. The molecular formula is C7H6F3N5O. The zero-order valence-electron chi connectivity index (χ0n) is 7.76. The van der Waals surface area contributed by atoms with E-state index in [2.05, 4.69) is 20.0 Å². The molecule has 6 nitrogen and oxygen atoms in total. The predicted octanol–water partition coefficient (Wildman–Crippen LogP) is 1.84. The minimum Gasteiger partial charge on any atom is -0.387 e. The van der Waals surface area contributed by atoms with E-state index >= 15 is 0 Å². The van der Waals surface area contributed by atoms with Gasteiger partial charge in [-0.1, -0.05) is 5.11 Å². The summed E-state index contributed by atoms with van der Waals surface area (Å²) in [5, 5.41) is 12.3. The van der Waals surface area contributed by atoms with Crippen LogP contribution in [0.15, 0.2) is 17.4 Å². The third-order valence-corrected chi connectivity index (χ3v) is 1.59. The number of aromatic nitrogens is 2. The largest absolute Gasteiger partial charge is 0.451 e. The maximum absolute atomic E-state index is 12.2. The molecule has 0 aliphatic carbocycles. The van der Waals surface area contributed by atoms with Crippen LogP contribution in [-0.2, 0) is 6.18 Å². The molecule has 16 heavy (non-hydrogen) atoms. The maximum atomic E-state index is 12.2. The van der Waals surface area contributed by atoms with E-state index in [-0.39, 0.29) is 12.2 Å². The Bertz CT molecular complexity index is 415. The molecule has 0 amide bonds. The molecule has 0 aliphatic rings. The van der Waals surface area contributed by atoms with Gasteiger partial charge in [-0.15, -0.1) is 0 Å². The molecule has 1 N–H and O–H groups in total. The fourth-order valence-electron chi connectivity index (χ4n) is 0.902. The number of aliphatic hydroxyl groups excluding tert-OH is 1. The summed E-state index contributed by atoms with van der Waals surface area (Å²) in [7, 11) is 0. The molecule has 1 atom stereocenters. The minimum atomic E-state index is -4.67. The lowest BCUT2D eigenvalue weighted by Crippen LogP contribution is -2.14. The fraction of sp³-hybridized carbons (Fsp3) is 0.429. The van der Waals surface area contributed by atoms with Crippen molar-refractivity contribution in [1.29, 1.82) is 0 Å². The minimum absolute atomic E-state index is 0.241. The molecule has 0 aliphatic heterocycles. The van der Waals surface area contributed by atoms with Gasteiger partial charge in [-0.25, -0.2) is 9.97 Å². The van der Waals surface area contributed by atoms with Crippen LogP contribution in [0.4, 0.5) is 13.2 Å². The van der Waals surface area contributed by atoms with E-state index in [0.717, 1.165) is 12.3 Å². The molecule has 9 heteroatoms. The van der Waals surface area contributed by atoms with Crippen LogP contribution in [-0.4, -0.2) is 21.6 Å². The van der Waals surface area contributed by atoms with E-state index in [0.29, 0.717) is 0 Å². The van der Waals surface area contributed by atoms with E-state index in [1.165, 1.54) is 0 Å². The Labute approximate surface area is 87.4 Å². The monoisotopic (exact) mass is 233 g/mol. The van der Waals surface area contributed by atoms with Crippen LogP contribution < -0.4 is 0 Å². The third-order valence-electron chi connectivity index (χ3n) is 1.59. The average Bonchev–Trinajstić information content (AvgIpc) is 2.25.